The standard InChI is InChI=1S/C7H6N2.C3H6O2.ClH/c1-2-4-7-6(3-1)5-8-9-7;1-2-3(4)5;/h1-5H,(H,8,9);2H2,1H3,(H,4,5);1H. The summed E-state index contributed by atoms with van der Waals surface area (Å²) in [5.41, 5.74) is 1.09. The monoisotopic (exact) mass is 228 g/mol. The van der Waals surface area contributed by atoms with Crippen LogP contribution in [0, 0.1) is 0 Å². The van der Waals surface area contributed by atoms with Crippen molar-refractivity contribution >= 4 is 29.3 Å². The zero-order valence-corrected chi connectivity index (χ0v) is 9.12. The molecule has 4 nitrogen and oxygen atoms in total. The van der Waals surface area contributed by atoms with E-state index in [0.29, 0.717) is 0 Å². The molecule has 2 rings (SSSR count). The lowest BCUT2D eigenvalue weighted by atomic mass is 10.3. The van der Waals surface area contributed by atoms with E-state index in [1.54, 1.807) is 6.92 Å². The number of hydrogen-bond donors (Lipinski definition) is 2. The van der Waals surface area contributed by atoms with Gasteiger partial charge in [-0.05, 0) is 6.07 Å². The molecular formula is C10H13ClN2O2. The van der Waals surface area contributed by atoms with Crippen LogP contribution in [0.5, 0.6) is 0 Å². The lowest BCUT2D eigenvalue weighted by Gasteiger charge is -1.81. The second-order valence-electron chi connectivity index (χ2n) is 2.70. The Morgan fingerprint density at radius 3 is 2.60 bits per heavy atom. The van der Waals surface area contributed by atoms with E-state index in [9.17, 15) is 4.79 Å². The number of halogens is 1. The molecule has 0 saturated carbocycles. The van der Waals surface area contributed by atoms with Gasteiger partial charge in [-0.25, -0.2) is 0 Å². The van der Waals surface area contributed by atoms with Gasteiger partial charge in [0.1, 0.15) is 0 Å². The topological polar surface area (TPSA) is 66.0 Å². The molecule has 0 radical (unpaired) electrons. The van der Waals surface area contributed by atoms with Gasteiger partial charge in [-0.1, -0.05) is 25.1 Å². The van der Waals surface area contributed by atoms with Crippen molar-refractivity contribution in [1.29, 1.82) is 0 Å². The molecule has 2 aromatic rings. The van der Waals surface area contributed by atoms with E-state index in [2.05, 4.69) is 10.2 Å². The number of aromatic nitrogens is 2. The number of rotatable bonds is 1. The van der Waals surface area contributed by atoms with Crippen molar-refractivity contribution < 1.29 is 9.90 Å². The molecule has 15 heavy (non-hydrogen) atoms. The van der Waals surface area contributed by atoms with E-state index in [1.807, 2.05) is 30.5 Å². The number of aromatic amines is 1. The molecule has 82 valence electrons. The third-order valence-corrected chi connectivity index (χ3v) is 1.65. The fourth-order valence-corrected chi connectivity index (χ4v) is 0.883. The van der Waals surface area contributed by atoms with Crippen molar-refractivity contribution in [2.24, 2.45) is 0 Å². The minimum Gasteiger partial charge on any atom is -0.481 e. The number of hydrogen-bond acceptors (Lipinski definition) is 2. The highest BCUT2D eigenvalue weighted by atomic mass is 35.5. The Kier molecular flexibility index (Phi) is 6.13. The normalized spacial score (nSPS) is 8.60. The molecule has 0 bridgehead atoms. The van der Waals surface area contributed by atoms with Crippen LogP contribution in [0.25, 0.3) is 10.9 Å². The largest absolute Gasteiger partial charge is 0.481 e. The molecule has 2 N–H and O–H groups in total. The van der Waals surface area contributed by atoms with E-state index in [0.717, 1.165) is 10.9 Å². The van der Waals surface area contributed by atoms with Gasteiger partial charge in [0.2, 0.25) is 0 Å². The quantitative estimate of drug-likeness (QED) is 0.788. The van der Waals surface area contributed by atoms with Gasteiger partial charge in [0.15, 0.2) is 0 Å². The number of aliphatic carboxylic acids is 1. The average molecular weight is 229 g/mol. The van der Waals surface area contributed by atoms with Crippen LogP contribution in [-0.4, -0.2) is 21.3 Å². The molecule has 0 atom stereocenters. The Morgan fingerprint density at radius 1 is 1.47 bits per heavy atom. The SMILES string of the molecule is CCC(=O)O.Cl.c1ccc2[nH]ncc2c1. The highest BCUT2D eigenvalue weighted by Gasteiger charge is 1.88. The first-order valence-electron chi connectivity index (χ1n) is 4.34. The molecule has 0 spiro atoms. The Balaban J connectivity index is 0.000000289. The smallest absolute Gasteiger partial charge is 0.303 e. The summed E-state index contributed by atoms with van der Waals surface area (Å²) in [6.45, 7) is 1.60. The first kappa shape index (κ1) is 13.4. The second kappa shape index (κ2) is 6.84. The molecule has 0 aliphatic heterocycles. The number of carboxylic acids is 1. The number of H-pyrrole nitrogens is 1. The van der Waals surface area contributed by atoms with Gasteiger partial charge >= 0.3 is 5.97 Å². The molecule has 0 aliphatic carbocycles. The molecular weight excluding hydrogens is 216 g/mol. The lowest BCUT2D eigenvalue weighted by Crippen LogP contribution is -1.86. The predicted octanol–water partition coefficient (Wildman–Crippen LogP) is 2.47. The van der Waals surface area contributed by atoms with Crippen LogP contribution in [0.2, 0.25) is 0 Å². The number of carboxylic acid groups (broad SMARTS) is 1. The first-order chi connectivity index (χ1) is 6.74. The Bertz CT molecular complexity index is 384. The zero-order valence-electron chi connectivity index (χ0n) is 8.30. The van der Waals surface area contributed by atoms with Crippen molar-refractivity contribution in [3.8, 4) is 0 Å². The van der Waals surface area contributed by atoms with E-state index in [-0.39, 0.29) is 18.8 Å². The number of para-hydroxylation sites is 1. The molecule has 1 aromatic carbocycles. The fraction of sp³-hybridized carbons (Fsp3) is 0.200. The van der Waals surface area contributed by atoms with Gasteiger partial charge in [-0.3, -0.25) is 9.89 Å². The maximum absolute atomic E-state index is 9.37. The van der Waals surface area contributed by atoms with E-state index < -0.39 is 5.97 Å². The number of nitrogens with zero attached hydrogens (tertiary/aromatic N) is 1. The first-order valence-corrected chi connectivity index (χ1v) is 4.34. The number of nitrogens with one attached hydrogen (secondary N) is 1. The van der Waals surface area contributed by atoms with Crippen LogP contribution >= 0.6 is 12.4 Å². The Labute approximate surface area is 93.7 Å². The number of fused-ring (bicyclic) bond motifs is 1. The molecule has 0 saturated heterocycles. The molecule has 0 aliphatic rings. The molecule has 5 heteroatoms. The maximum atomic E-state index is 9.37. The Hall–Kier alpha value is -1.55. The minimum absolute atomic E-state index is 0. The number of carbonyl (C=O) groups is 1. The van der Waals surface area contributed by atoms with Crippen LogP contribution < -0.4 is 0 Å². The lowest BCUT2D eigenvalue weighted by molar-refractivity contribution is -0.136. The van der Waals surface area contributed by atoms with Gasteiger partial charge in [0, 0.05) is 11.8 Å². The summed E-state index contributed by atoms with van der Waals surface area (Å²) in [6.07, 6.45) is 2.04. The van der Waals surface area contributed by atoms with E-state index >= 15 is 0 Å². The molecule has 0 amide bonds. The third-order valence-electron chi connectivity index (χ3n) is 1.65. The molecule has 1 aromatic heterocycles. The van der Waals surface area contributed by atoms with Gasteiger partial charge in [-0.2, -0.15) is 5.10 Å². The van der Waals surface area contributed by atoms with Crippen molar-refractivity contribution in [3.63, 3.8) is 0 Å². The summed E-state index contributed by atoms with van der Waals surface area (Å²) >= 11 is 0. The van der Waals surface area contributed by atoms with Crippen molar-refractivity contribution in [3.05, 3.63) is 30.5 Å². The summed E-state index contributed by atoms with van der Waals surface area (Å²) in [6, 6.07) is 8.01. The van der Waals surface area contributed by atoms with Crippen LogP contribution in [0.1, 0.15) is 13.3 Å². The predicted molar refractivity (Wildman–Crippen MR) is 61.3 cm³/mol. The Morgan fingerprint density at radius 2 is 2.07 bits per heavy atom. The summed E-state index contributed by atoms with van der Waals surface area (Å²) in [5.74, 6) is -0.745. The summed E-state index contributed by atoms with van der Waals surface area (Å²) < 4.78 is 0. The highest BCUT2D eigenvalue weighted by molar-refractivity contribution is 5.85. The van der Waals surface area contributed by atoms with Crippen LogP contribution in [0.3, 0.4) is 0 Å². The number of benzene rings is 1. The summed E-state index contributed by atoms with van der Waals surface area (Å²) in [4.78, 5) is 9.37. The highest BCUT2D eigenvalue weighted by Crippen LogP contribution is 2.06. The van der Waals surface area contributed by atoms with Crippen molar-refractivity contribution in [2.45, 2.75) is 13.3 Å². The van der Waals surface area contributed by atoms with Crippen LogP contribution in [0.4, 0.5) is 0 Å². The minimum atomic E-state index is -0.745. The van der Waals surface area contributed by atoms with Crippen molar-refractivity contribution in [1.82, 2.24) is 10.2 Å². The van der Waals surface area contributed by atoms with Crippen molar-refractivity contribution in [2.75, 3.05) is 0 Å². The van der Waals surface area contributed by atoms with Gasteiger partial charge in [-0.15, -0.1) is 12.4 Å². The molecule has 0 fully saturated rings. The molecule has 0 unspecified atom stereocenters. The van der Waals surface area contributed by atoms with Gasteiger partial charge < -0.3 is 5.11 Å². The van der Waals surface area contributed by atoms with E-state index in [4.69, 9.17) is 5.11 Å². The van der Waals surface area contributed by atoms with Crippen LogP contribution in [0.15, 0.2) is 30.5 Å². The van der Waals surface area contributed by atoms with Crippen LogP contribution in [-0.2, 0) is 4.79 Å². The van der Waals surface area contributed by atoms with E-state index in [1.165, 1.54) is 0 Å². The van der Waals surface area contributed by atoms with Gasteiger partial charge in [0.05, 0.1) is 11.7 Å². The van der Waals surface area contributed by atoms with Gasteiger partial charge in [0.25, 0.3) is 0 Å². The second-order valence-corrected chi connectivity index (χ2v) is 2.70. The zero-order chi connectivity index (χ0) is 10.4. The summed E-state index contributed by atoms with van der Waals surface area (Å²) in [5, 5.41) is 15.6. The average Bonchev–Trinajstić information content (AvgIpc) is 2.66. The summed E-state index contributed by atoms with van der Waals surface area (Å²) in [7, 11) is 0. The molecule has 1 heterocycles. The third kappa shape index (κ3) is 4.46. The fourth-order valence-electron chi connectivity index (χ4n) is 0.883. The maximum Gasteiger partial charge on any atom is 0.303 e.